The maximum absolute atomic E-state index is 4.72. The molecule has 20 heavy (non-hydrogen) atoms. The molecule has 0 saturated heterocycles. The Morgan fingerprint density at radius 3 is 2.40 bits per heavy atom. The van der Waals surface area contributed by atoms with Gasteiger partial charge in [0.2, 0.25) is 0 Å². The van der Waals surface area contributed by atoms with Crippen molar-refractivity contribution in [3.63, 3.8) is 0 Å². The van der Waals surface area contributed by atoms with Crippen molar-refractivity contribution >= 4 is 10.9 Å². The van der Waals surface area contributed by atoms with Crippen LogP contribution in [0.1, 0.15) is 18.5 Å². The van der Waals surface area contributed by atoms with Gasteiger partial charge in [0, 0.05) is 17.0 Å². The number of hydrogen-bond acceptors (Lipinski definition) is 2. The van der Waals surface area contributed by atoms with Gasteiger partial charge >= 0.3 is 0 Å². The zero-order chi connectivity index (χ0) is 13.9. The Morgan fingerprint density at radius 2 is 1.65 bits per heavy atom. The van der Waals surface area contributed by atoms with Crippen LogP contribution in [0.5, 0.6) is 0 Å². The summed E-state index contributed by atoms with van der Waals surface area (Å²) in [5.74, 6) is 0. The Morgan fingerprint density at radius 1 is 0.900 bits per heavy atom. The van der Waals surface area contributed by atoms with Gasteiger partial charge in [0.05, 0.1) is 11.2 Å². The number of aromatic nitrogens is 1. The molecule has 0 amide bonds. The smallest absolute Gasteiger partial charge is 0.0709 e. The summed E-state index contributed by atoms with van der Waals surface area (Å²) in [4.78, 5) is 4.72. The topological polar surface area (TPSA) is 24.9 Å². The van der Waals surface area contributed by atoms with Gasteiger partial charge in [0.15, 0.2) is 0 Å². The summed E-state index contributed by atoms with van der Waals surface area (Å²) in [7, 11) is 1.98. The van der Waals surface area contributed by atoms with Crippen molar-refractivity contribution in [2.24, 2.45) is 0 Å². The number of nitrogens with zero attached hydrogens (tertiary/aromatic N) is 1. The molecule has 2 aromatic carbocycles. The minimum absolute atomic E-state index is 0.369. The molecule has 0 aliphatic rings. The van der Waals surface area contributed by atoms with Gasteiger partial charge in [-0.15, -0.1) is 0 Å². The normalized spacial score (nSPS) is 12.5. The average molecular weight is 262 g/mol. The SMILES string of the molecule is CNC(C)c1ccc(-c2ccc3ccccc3n2)cc1. The number of nitrogens with one attached hydrogen (secondary N) is 1. The van der Waals surface area contributed by atoms with Crippen LogP contribution in [0.4, 0.5) is 0 Å². The highest BCUT2D eigenvalue weighted by molar-refractivity contribution is 5.81. The van der Waals surface area contributed by atoms with E-state index in [9.17, 15) is 0 Å². The Hall–Kier alpha value is -2.19. The van der Waals surface area contributed by atoms with Gasteiger partial charge < -0.3 is 5.32 Å². The molecular formula is C18H18N2. The summed E-state index contributed by atoms with van der Waals surface area (Å²) < 4.78 is 0. The van der Waals surface area contributed by atoms with E-state index >= 15 is 0 Å². The molecule has 0 spiro atoms. The fourth-order valence-corrected chi connectivity index (χ4v) is 2.34. The first kappa shape index (κ1) is 12.8. The standard InChI is InChI=1S/C18H18N2/c1-13(19-2)14-7-9-16(10-8-14)18-12-11-15-5-3-4-6-17(15)20-18/h3-13,19H,1-2H3. The number of hydrogen-bond donors (Lipinski definition) is 1. The predicted octanol–water partition coefficient (Wildman–Crippen LogP) is 4.18. The summed E-state index contributed by atoms with van der Waals surface area (Å²) >= 11 is 0. The first-order valence-electron chi connectivity index (χ1n) is 6.91. The second kappa shape index (κ2) is 5.43. The monoisotopic (exact) mass is 262 g/mol. The lowest BCUT2D eigenvalue weighted by Gasteiger charge is -2.11. The van der Waals surface area contributed by atoms with Crippen molar-refractivity contribution in [3.8, 4) is 11.3 Å². The Labute approximate surface area is 119 Å². The molecule has 100 valence electrons. The molecule has 3 rings (SSSR count). The number of fused-ring (bicyclic) bond motifs is 1. The van der Waals surface area contributed by atoms with Gasteiger partial charge in [0.25, 0.3) is 0 Å². The Kier molecular flexibility index (Phi) is 3.48. The largest absolute Gasteiger partial charge is 0.313 e. The molecular weight excluding hydrogens is 244 g/mol. The Bertz CT molecular complexity index is 717. The quantitative estimate of drug-likeness (QED) is 0.766. The van der Waals surface area contributed by atoms with E-state index in [4.69, 9.17) is 4.98 Å². The van der Waals surface area contributed by atoms with Crippen molar-refractivity contribution in [2.75, 3.05) is 7.05 Å². The summed E-state index contributed by atoms with van der Waals surface area (Å²) in [6.07, 6.45) is 0. The van der Waals surface area contributed by atoms with Gasteiger partial charge in [-0.3, -0.25) is 0 Å². The minimum Gasteiger partial charge on any atom is -0.313 e. The molecule has 0 aliphatic heterocycles. The highest BCUT2D eigenvalue weighted by atomic mass is 14.8. The van der Waals surface area contributed by atoms with Gasteiger partial charge in [0.1, 0.15) is 0 Å². The molecule has 2 heteroatoms. The van der Waals surface area contributed by atoms with E-state index in [1.54, 1.807) is 0 Å². The molecule has 1 heterocycles. The minimum atomic E-state index is 0.369. The molecule has 0 saturated carbocycles. The van der Waals surface area contributed by atoms with E-state index in [0.29, 0.717) is 6.04 Å². The van der Waals surface area contributed by atoms with Crippen molar-refractivity contribution in [2.45, 2.75) is 13.0 Å². The third kappa shape index (κ3) is 2.43. The van der Waals surface area contributed by atoms with E-state index in [2.05, 4.69) is 60.8 Å². The van der Waals surface area contributed by atoms with Crippen molar-refractivity contribution in [3.05, 3.63) is 66.2 Å². The van der Waals surface area contributed by atoms with Crippen LogP contribution in [0.3, 0.4) is 0 Å². The van der Waals surface area contributed by atoms with E-state index in [1.807, 2.05) is 19.2 Å². The molecule has 0 radical (unpaired) electrons. The molecule has 3 aromatic rings. The van der Waals surface area contributed by atoms with Gasteiger partial charge in [-0.25, -0.2) is 4.98 Å². The second-order valence-electron chi connectivity index (χ2n) is 5.02. The van der Waals surface area contributed by atoms with Crippen LogP contribution >= 0.6 is 0 Å². The van der Waals surface area contributed by atoms with Gasteiger partial charge in [-0.1, -0.05) is 48.5 Å². The second-order valence-corrected chi connectivity index (χ2v) is 5.02. The van der Waals surface area contributed by atoms with Gasteiger partial charge in [-0.05, 0) is 31.7 Å². The predicted molar refractivity (Wildman–Crippen MR) is 84.7 cm³/mol. The fraction of sp³-hybridized carbons (Fsp3) is 0.167. The molecule has 0 fully saturated rings. The molecule has 1 atom stereocenters. The highest BCUT2D eigenvalue weighted by Crippen LogP contribution is 2.22. The van der Waals surface area contributed by atoms with Crippen LogP contribution in [0.25, 0.3) is 22.2 Å². The summed E-state index contributed by atoms with van der Waals surface area (Å²) in [6.45, 7) is 2.16. The van der Waals surface area contributed by atoms with Crippen LogP contribution in [-0.4, -0.2) is 12.0 Å². The Balaban J connectivity index is 1.98. The lowest BCUT2D eigenvalue weighted by atomic mass is 10.0. The maximum Gasteiger partial charge on any atom is 0.0709 e. The first-order valence-corrected chi connectivity index (χ1v) is 6.91. The number of rotatable bonds is 3. The zero-order valence-electron chi connectivity index (χ0n) is 11.8. The number of pyridine rings is 1. The fourth-order valence-electron chi connectivity index (χ4n) is 2.34. The summed E-state index contributed by atoms with van der Waals surface area (Å²) in [5, 5.41) is 4.43. The molecule has 1 N–H and O–H groups in total. The van der Waals surface area contributed by atoms with Crippen LogP contribution in [-0.2, 0) is 0 Å². The molecule has 0 aliphatic carbocycles. The zero-order valence-corrected chi connectivity index (χ0v) is 11.8. The third-order valence-corrected chi connectivity index (χ3v) is 3.74. The first-order chi connectivity index (χ1) is 9.78. The van der Waals surface area contributed by atoms with Crippen LogP contribution in [0.15, 0.2) is 60.7 Å². The number of benzene rings is 2. The van der Waals surface area contributed by atoms with Crippen molar-refractivity contribution in [1.82, 2.24) is 10.3 Å². The summed E-state index contributed by atoms with van der Waals surface area (Å²) in [6, 6.07) is 21.4. The lowest BCUT2D eigenvalue weighted by Crippen LogP contribution is -2.11. The van der Waals surface area contributed by atoms with Crippen molar-refractivity contribution in [1.29, 1.82) is 0 Å². The number of para-hydroxylation sites is 1. The molecule has 0 bridgehead atoms. The van der Waals surface area contributed by atoms with E-state index < -0.39 is 0 Å². The maximum atomic E-state index is 4.72. The van der Waals surface area contributed by atoms with E-state index in [1.165, 1.54) is 10.9 Å². The molecule has 2 nitrogen and oxygen atoms in total. The molecule has 1 aromatic heterocycles. The highest BCUT2D eigenvalue weighted by Gasteiger charge is 2.04. The van der Waals surface area contributed by atoms with Crippen LogP contribution in [0, 0.1) is 0 Å². The van der Waals surface area contributed by atoms with E-state index in [-0.39, 0.29) is 0 Å². The van der Waals surface area contributed by atoms with E-state index in [0.717, 1.165) is 16.8 Å². The molecule has 1 unspecified atom stereocenters. The van der Waals surface area contributed by atoms with Crippen LogP contribution < -0.4 is 5.32 Å². The lowest BCUT2D eigenvalue weighted by molar-refractivity contribution is 0.652. The summed E-state index contributed by atoms with van der Waals surface area (Å²) in [5.41, 5.74) is 4.50. The van der Waals surface area contributed by atoms with Crippen LogP contribution in [0.2, 0.25) is 0 Å². The van der Waals surface area contributed by atoms with Crippen molar-refractivity contribution < 1.29 is 0 Å². The third-order valence-electron chi connectivity index (χ3n) is 3.74. The van der Waals surface area contributed by atoms with Gasteiger partial charge in [-0.2, -0.15) is 0 Å². The average Bonchev–Trinajstić information content (AvgIpc) is 2.54.